The third-order valence-corrected chi connectivity index (χ3v) is 3.22. The minimum absolute atomic E-state index is 0.285. The van der Waals surface area contributed by atoms with E-state index >= 15 is 0 Å². The third kappa shape index (κ3) is 4.87. The number of carbonyl (C=O) groups is 1. The van der Waals surface area contributed by atoms with Gasteiger partial charge in [-0.25, -0.2) is 9.18 Å². The van der Waals surface area contributed by atoms with Gasteiger partial charge in [-0.05, 0) is 57.1 Å². The fourth-order valence-electron chi connectivity index (χ4n) is 2.25. The van der Waals surface area contributed by atoms with Gasteiger partial charge in [-0.3, -0.25) is 0 Å². The van der Waals surface area contributed by atoms with Gasteiger partial charge in [-0.15, -0.1) is 0 Å². The zero-order valence-corrected chi connectivity index (χ0v) is 11.0. The zero-order chi connectivity index (χ0) is 13.5. The molecule has 19 heavy (non-hydrogen) atoms. The summed E-state index contributed by atoms with van der Waals surface area (Å²) in [6, 6.07) is 5.58. The Hall–Kier alpha value is -1.62. The quantitative estimate of drug-likeness (QED) is 0.803. The molecule has 2 rings (SSSR count). The van der Waals surface area contributed by atoms with Crippen LogP contribution < -0.4 is 10.6 Å². The first kappa shape index (κ1) is 13.8. The molecule has 5 heteroatoms. The minimum atomic E-state index is -0.355. The van der Waals surface area contributed by atoms with Crippen LogP contribution in [0.3, 0.4) is 0 Å². The molecule has 0 saturated carbocycles. The van der Waals surface area contributed by atoms with E-state index in [0.717, 1.165) is 13.0 Å². The predicted molar refractivity (Wildman–Crippen MR) is 73.7 cm³/mol. The Balaban J connectivity index is 1.61. The van der Waals surface area contributed by atoms with Crippen LogP contribution in [0.1, 0.15) is 19.3 Å². The van der Waals surface area contributed by atoms with Crippen molar-refractivity contribution in [1.82, 2.24) is 10.2 Å². The van der Waals surface area contributed by atoms with E-state index in [1.807, 2.05) is 0 Å². The lowest BCUT2D eigenvalue weighted by atomic mass is 10.3. The first-order valence-corrected chi connectivity index (χ1v) is 6.77. The number of hydrogen-bond donors (Lipinski definition) is 2. The van der Waals surface area contributed by atoms with E-state index < -0.39 is 0 Å². The molecule has 0 aromatic heterocycles. The van der Waals surface area contributed by atoms with Gasteiger partial charge in [0.1, 0.15) is 5.82 Å². The van der Waals surface area contributed by atoms with Crippen molar-refractivity contribution in [2.24, 2.45) is 0 Å². The van der Waals surface area contributed by atoms with Crippen LogP contribution in [0.5, 0.6) is 0 Å². The van der Waals surface area contributed by atoms with Crippen LogP contribution in [0.4, 0.5) is 14.9 Å². The highest BCUT2D eigenvalue weighted by atomic mass is 19.1. The number of amides is 2. The summed E-state index contributed by atoms with van der Waals surface area (Å²) >= 11 is 0. The Kier molecular flexibility index (Phi) is 5.15. The molecule has 0 bridgehead atoms. The molecule has 1 fully saturated rings. The summed E-state index contributed by atoms with van der Waals surface area (Å²) in [7, 11) is 0. The van der Waals surface area contributed by atoms with Crippen molar-refractivity contribution in [3.05, 3.63) is 30.1 Å². The van der Waals surface area contributed by atoms with Crippen LogP contribution in [-0.4, -0.2) is 37.1 Å². The molecule has 1 aliphatic rings. The first-order chi connectivity index (χ1) is 9.24. The Morgan fingerprint density at radius 2 is 2.11 bits per heavy atom. The molecule has 1 aliphatic heterocycles. The van der Waals surface area contributed by atoms with Gasteiger partial charge in [-0.2, -0.15) is 0 Å². The van der Waals surface area contributed by atoms with Crippen molar-refractivity contribution < 1.29 is 9.18 Å². The minimum Gasteiger partial charge on any atom is -0.338 e. The molecule has 1 heterocycles. The lowest BCUT2D eigenvalue weighted by Gasteiger charge is -2.14. The number of rotatable bonds is 5. The maximum atomic E-state index is 12.9. The van der Waals surface area contributed by atoms with E-state index in [1.165, 1.54) is 38.1 Å². The SMILES string of the molecule is O=C(NCCCN1CCCC1)Nc1cccc(F)c1. The molecule has 2 N–H and O–H groups in total. The van der Waals surface area contributed by atoms with Crippen molar-refractivity contribution in [2.45, 2.75) is 19.3 Å². The summed E-state index contributed by atoms with van der Waals surface area (Å²) in [6.45, 7) is 4.02. The van der Waals surface area contributed by atoms with Crippen molar-refractivity contribution in [3.8, 4) is 0 Å². The molecule has 1 saturated heterocycles. The average Bonchev–Trinajstić information content (AvgIpc) is 2.88. The number of nitrogens with one attached hydrogen (secondary N) is 2. The Morgan fingerprint density at radius 1 is 1.32 bits per heavy atom. The highest BCUT2D eigenvalue weighted by Crippen LogP contribution is 2.09. The van der Waals surface area contributed by atoms with Gasteiger partial charge in [0.05, 0.1) is 0 Å². The van der Waals surface area contributed by atoms with Crippen molar-refractivity contribution >= 4 is 11.7 Å². The fourth-order valence-corrected chi connectivity index (χ4v) is 2.25. The molecule has 1 aromatic carbocycles. The molecule has 0 unspecified atom stereocenters. The lowest BCUT2D eigenvalue weighted by Crippen LogP contribution is -2.31. The number of halogens is 1. The van der Waals surface area contributed by atoms with E-state index in [0.29, 0.717) is 12.2 Å². The van der Waals surface area contributed by atoms with E-state index in [2.05, 4.69) is 15.5 Å². The number of benzene rings is 1. The average molecular weight is 265 g/mol. The summed E-state index contributed by atoms with van der Waals surface area (Å²) in [5, 5.41) is 5.38. The summed E-state index contributed by atoms with van der Waals surface area (Å²) in [6.07, 6.45) is 3.51. The van der Waals surface area contributed by atoms with E-state index in [4.69, 9.17) is 0 Å². The van der Waals surface area contributed by atoms with Crippen LogP contribution in [0.2, 0.25) is 0 Å². The molecule has 0 spiro atoms. The number of carbonyl (C=O) groups excluding carboxylic acids is 1. The summed E-state index contributed by atoms with van der Waals surface area (Å²) in [5.41, 5.74) is 0.469. The van der Waals surface area contributed by atoms with Crippen molar-refractivity contribution in [2.75, 3.05) is 31.5 Å². The Morgan fingerprint density at radius 3 is 2.84 bits per heavy atom. The first-order valence-electron chi connectivity index (χ1n) is 6.77. The van der Waals surface area contributed by atoms with Crippen LogP contribution in [0.15, 0.2) is 24.3 Å². The van der Waals surface area contributed by atoms with E-state index in [1.54, 1.807) is 12.1 Å². The second kappa shape index (κ2) is 7.09. The number of likely N-dealkylation sites (tertiary alicyclic amines) is 1. The molecule has 0 aliphatic carbocycles. The number of nitrogens with zero attached hydrogens (tertiary/aromatic N) is 1. The monoisotopic (exact) mass is 265 g/mol. The maximum Gasteiger partial charge on any atom is 0.319 e. The normalized spacial score (nSPS) is 15.4. The maximum absolute atomic E-state index is 12.9. The topological polar surface area (TPSA) is 44.4 Å². The highest BCUT2D eigenvalue weighted by molar-refractivity contribution is 5.89. The van der Waals surface area contributed by atoms with Gasteiger partial charge in [0, 0.05) is 12.2 Å². The number of hydrogen-bond acceptors (Lipinski definition) is 2. The van der Waals surface area contributed by atoms with Crippen LogP contribution in [0.25, 0.3) is 0 Å². The van der Waals surface area contributed by atoms with Crippen LogP contribution in [-0.2, 0) is 0 Å². The Labute approximate surface area is 113 Å². The van der Waals surface area contributed by atoms with Gasteiger partial charge in [-0.1, -0.05) is 6.07 Å². The standard InChI is InChI=1S/C14H20FN3O/c15-12-5-3-6-13(11-12)17-14(19)16-7-4-10-18-8-1-2-9-18/h3,5-6,11H,1-2,4,7-10H2,(H2,16,17,19). The van der Waals surface area contributed by atoms with Gasteiger partial charge in [0.15, 0.2) is 0 Å². The molecule has 0 radical (unpaired) electrons. The summed E-state index contributed by atoms with van der Waals surface area (Å²) in [4.78, 5) is 14.0. The summed E-state index contributed by atoms with van der Waals surface area (Å²) in [5.74, 6) is -0.355. The molecule has 2 amide bonds. The predicted octanol–water partition coefficient (Wildman–Crippen LogP) is 2.43. The zero-order valence-electron chi connectivity index (χ0n) is 11.0. The molecular weight excluding hydrogens is 245 g/mol. The number of urea groups is 1. The second-order valence-corrected chi connectivity index (χ2v) is 4.79. The molecule has 104 valence electrons. The van der Waals surface area contributed by atoms with Gasteiger partial charge >= 0.3 is 6.03 Å². The molecular formula is C14H20FN3O. The fraction of sp³-hybridized carbons (Fsp3) is 0.500. The van der Waals surface area contributed by atoms with E-state index in [9.17, 15) is 9.18 Å². The highest BCUT2D eigenvalue weighted by Gasteiger charge is 2.10. The van der Waals surface area contributed by atoms with Crippen molar-refractivity contribution in [3.63, 3.8) is 0 Å². The second-order valence-electron chi connectivity index (χ2n) is 4.79. The third-order valence-electron chi connectivity index (χ3n) is 3.22. The van der Waals surface area contributed by atoms with E-state index in [-0.39, 0.29) is 11.8 Å². The van der Waals surface area contributed by atoms with Gasteiger partial charge in [0.25, 0.3) is 0 Å². The van der Waals surface area contributed by atoms with Gasteiger partial charge < -0.3 is 15.5 Å². The van der Waals surface area contributed by atoms with Gasteiger partial charge in [0.2, 0.25) is 0 Å². The summed E-state index contributed by atoms with van der Waals surface area (Å²) < 4.78 is 12.9. The van der Waals surface area contributed by atoms with Crippen LogP contribution >= 0.6 is 0 Å². The lowest BCUT2D eigenvalue weighted by molar-refractivity contribution is 0.251. The largest absolute Gasteiger partial charge is 0.338 e. The van der Waals surface area contributed by atoms with Crippen molar-refractivity contribution in [1.29, 1.82) is 0 Å². The molecule has 0 atom stereocenters. The number of anilines is 1. The Bertz CT molecular complexity index is 419. The smallest absolute Gasteiger partial charge is 0.319 e. The molecule has 4 nitrogen and oxygen atoms in total. The van der Waals surface area contributed by atoms with Crippen LogP contribution in [0, 0.1) is 5.82 Å². The molecule has 1 aromatic rings.